The van der Waals surface area contributed by atoms with Crippen LogP contribution in [-0.2, 0) is 10.0 Å². The lowest BCUT2D eigenvalue weighted by atomic mass is 10.2. The van der Waals surface area contributed by atoms with Gasteiger partial charge in [-0.15, -0.1) is 0 Å². The molecule has 0 radical (unpaired) electrons. The van der Waals surface area contributed by atoms with Crippen molar-refractivity contribution in [1.29, 1.82) is 0 Å². The number of nitrogens with one attached hydrogen (secondary N) is 1. The van der Waals surface area contributed by atoms with E-state index in [1.807, 2.05) is 50.4 Å². The van der Waals surface area contributed by atoms with Gasteiger partial charge in [0, 0.05) is 25.8 Å². The van der Waals surface area contributed by atoms with Crippen LogP contribution < -0.4 is 14.4 Å². The Hall–Kier alpha value is -2.05. The van der Waals surface area contributed by atoms with Gasteiger partial charge in [0.15, 0.2) is 0 Å². The van der Waals surface area contributed by atoms with Gasteiger partial charge >= 0.3 is 0 Å². The van der Waals surface area contributed by atoms with Crippen LogP contribution in [0.2, 0.25) is 0 Å². The number of sulfonamides is 1. The third-order valence-electron chi connectivity index (χ3n) is 3.77. The summed E-state index contributed by atoms with van der Waals surface area (Å²) in [6.07, 6.45) is 0.707. The molecule has 0 heterocycles. The number of methoxy groups -OCH3 is 1. The number of benzene rings is 2. The van der Waals surface area contributed by atoms with Gasteiger partial charge in [-0.1, -0.05) is 24.3 Å². The number of rotatable bonds is 8. The largest absolute Gasteiger partial charge is 0.495 e. The molecule has 0 aliphatic carbocycles. The molecule has 0 bridgehead atoms. The zero-order valence-electron chi connectivity index (χ0n) is 14.3. The number of para-hydroxylation sites is 1. The lowest BCUT2D eigenvalue weighted by Crippen LogP contribution is -2.28. The molecule has 0 fully saturated rings. The Labute approximate surface area is 144 Å². The third-order valence-corrected chi connectivity index (χ3v) is 5.25. The summed E-state index contributed by atoms with van der Waals surface area (Å²) < 4.78 is 32.8. The van der Waals surface area contributed by atoms with Crippen molar-refractivity contribution in [2.45, 2.75) is 18.2 Å². The molecule has 2 rings (SSSR count). The fourth-order valence-electron chi connectivity index (χ4n) is 2.41. The zero-order valence-corrected chi connectivity index (χ0v) is 15.1. The maximum Gasteiger partial charge on any atom is 0.244 e. The average molecular weight is 348 g/mol. The second-order valence-electron chi connectivity index (χ2n) is 5.66. The SMILES string of the molecule is COc1ccc(C)cc1S(=O)(=O)NCCCN(C)c1ccccc1. The first-order valence-corrected chi connectivity index (χ1v) is 9.33. The van der Waals surface area contributed by atoms with E-state index >= 15 is 0 Å². The van der Waals surface area contributed by atoms with E-state index in [0.717, 1.165) is 17.8 Å². The Morgan fingerprint density at radius 1 is 1.12 bits per heavy atom. The molecule has 0 saturated carbocycles. The summed E-state index contributed by atoms with van der Waals surface area (Å²) in [6.45, 7) is 2.99. The van der Waals surface area contributed by atoms with Crippen molar-refractivity contribution in [3.05, 3.63) is 54.1 Å². The second-order valence-corrected chi connectivity index (χ2v) is 7.40. The predicted octanol–water partition coefficient (Wildman–Crippen LogP) is 2.81. The van der Waals surface area contributed by atoms with Crippen molar-refractivity contribution < 1.29 is 13.2 Å². The molecule has 0 unspecified atom stereocenters. The van der Waals surface area contributed by atoms with Gasteiger partial charge in [-0.2, -0.15) is 0 Å². The van der Waals surface area contributed by atoms with Gasteiger partial charge in [-0.3, -0.25) is 0 Å². The van der Waals surface area contributed by atoms with E-state index in [2.05, 4.69) is 9.62 Å². The van der Waals surface area contributed by atoms with Crippen LogP contribution >= 0.6 is 0 Å². The second kappa shape index (κ2) is 8.17. The molecule has 2 aromatic rings. The van der Waals surface area contributed by atoms with E-state index in [-0.39, 0.29) is 4.90 Å². The molecule has 0 saturated heterocycles. The summed E-state index contributed by atoms with van der Waals surface area (Å²) in [5.74, 6) is 0.356. The van der Waals surface area contributed by atoms with Gasteiger partial charge < -0.3 is 9.64 Å². The van der Waals surface area contributed by atoms with Crippen LogP contribution in [-0.4, -0.2) is 35.7 Å². The Bertz CT molecular complexity index is 761. The molecular weight excluding hydrogens is 324 g/mol. The highest BCUT2D eigenvalue weighted by molar-refractivity contribution is 7.89. The molecule has 0 aromatic heterocycles. The van der Waals surface area contributed by atoms with Gasteiger partial charge in [0.25, 0.3) is 0 Å². The van der Waals surface area contributed by atoms with Gasteiger partial charge in [0.05, 0.1) is 7.11 Å². The molecule has 0 aliphatic heterocycles. The first kappa shape index (κ1) is 18.3. The molecular formula is C18H24N2O3S. The van der Waals surface area contributed by atoms with Crippen molar-refractivity contribution in [3.63, 3.8) is 0 Å². The molecule has 24 heavy (non-hydrogen) atoms. The molecule has 0 atom stereocenters. The fraction of sp³-hybridized carbons (Fsp3) is 0.333. The molecule has 130 valence electrons. The smallest absolute Gasteiger partial charge is 0.244 e. The Morgan fingerprint density at radius 3 is 2.50 bits per heavy atom. The zero-order chi connectivity index (χ0) is 17.6. The summed E-state index contributed by atoms with van der Waals surface area (Å²) in [5.41, 5.74) is 1.99. The Morgan fingerprint density at radius 2 is 1.83 bits per heavy atom. The quantitative estimate of drug-likeness (QED) is 0.745. The minimum atomic E-state index is -3.58. The molecule has 2 aromatic carbocycles. The lowest BCUT2D eigenvalue weighted by molar-refractivity contribution is 0.402. The van der Waals surface area contributed by atoms with Crippen molar-refractivity contribution in [3.8, 4) is 5.75 Å². The van der Waals surface area contributed by atoms with Gasteiger partial charge in [0.2, 0.25) is 10.0 Å². The highest BCUT2D eigenvalue weighted by Gasteiger charge is 2.19. The van der Waals surface area contributed by atoms with E-state index in [9.17, 15) is 8.42 Å². The maximum absolute atomic E-state index is 12.5. The molecule has 0 amide bonds. The van der Waals surface area contributed by atoms with Gasteiger partial charge in [-0.05, 0) is 43.2 Å². The van der Waals surface area contributed by atoms with E-state index in [1.165, 1.54) is 7.11 Å². The van der Waals surface area contributed by atoms with Gasteiger partial charge in [0.1, 0.15) is 10.6 Å². The third kappa shape index (κ3) is 4.72. The summed E-state index contributed by atoms with van der Waals surface area (Å²) in [7, 11) is -0.117. The molecule has 0 spiro atoms. The molecule has 1 N–H and O–H groups in total. The monoisotopic (exact) mass is 348 g/mol. The van der Waals surface area contributed by atoms with Crippen LogP contribution in [0.15, 0.2) is 53.4 Å². The Kier molecular flexibility index (Phi) is 6.23. The maximum atomic E-state index is 12.5. The number of hydrogen-bond donors (Lipinski definition) is 1. The minimum Gasteiger partial charge on any atom is -0.495 e. The fourth-order valence-corrected chi connectivity index (χ4v) is 3.73. The van der Waals surface area contributed by atoms with Crippen molar-refractivity contribution in [2.75, 3.05) is 32.1 Å². The topological polar surface area (TPSA) is 58.6 Å². The summed E-state index contributed by atoms with van der Waals surface area (Å²) in [6, 6.07) is 15.1. The van der Waals surface area contributed by atoms with Gasteiger partial charge in [-0.25, -0.2) is 13.1 Å². The van der Waals surface area contributed by atoms with Crippen LogP contribution in [0.3, 0.4) is 0 Å². The number of aryl methyl sites for hydroxylation is 1. The lowest BCUT2D eigenvalue weighted by Gasteiger charge is -2.19. The normalized spacial score (nSPS) is 11.3. The van der Waals surface area contributed by atoms with Crippen LogP contribution in [0.4, 0.5) is 5.69 Å². The van der Waals surface area contributed by atoms with E-state index in [1.54, 1.807) is 12.1 Å². The highest BCUT2D eigenvalue weighted by Crippen LogP contribution is 2.24. The van der Waals surface area contributed by atoms with Crippen LogP contribution in [0, 0.1) is 6.92 Å². The number of ether oxygens (including phenoxy) is 1. The number of nitrogens with zero attached hydrogens (tertiary/aromatic N) is 1. The molecule has 0 aliphatic rings. The predicted molar refractivity (Wildman–Crippen MR) is 97.2 cm³/mol. The first-order chi connectivity index (χ1) is 11.4. The molecule has 6 heteroatoms. The van der Waals surface area contributed by atoms with Crippen LogP contribution in [0.1, 0.15) is 12.0 Å². The van der Waals surface area contributed by atoms with E-state index in [0.29, 0.717) is 18.7 Å². The minimum absolute atomic E-state index is 0.182. The number of anilines is 1. The van der Waals surface area contributed by atoms with E-state index in [4.69, 9.17) is 4.74 Å². The molecule has 5 nitrogen and oxygen atoms in total. The first-order valence-electron chi connectivity index (χ1n) is 7.84. The van der Waals surface area contributed by atoms with Crippen LogP contribution in [0.25, 0.3) is 0 Å². The average Bonchev–Trinajstić information content (AvgIpc) is 2.59. The standard InChI is InChI=1S/C18H24N2O3S/c1-15-10-11-17(23-3)18(14-15)24(21,22)19-12-7-13-20(2)16-8-5-4-6-9-16/h4-6,8-11,14,19H,7,12-13H2,1-3H3. The number of hydrogen-bond acceptors (Lipinski definition) is 4. The Balaban J connectivity index is 1.93. The van der Waals surface area contributed by atoms with Crippen molar-refractivity contribution >= 4 is 15.7 Å². The highest BCUT2D eigenvalue weighted by atomic mass is 32.2. The van der Waals surface area contributed by atoms with Crippen molar-refractivity contribution in [2.24, 2.45) is 0 Å². The van der Waals surface area contributed by atoms with Crippen LogP contribution in [0.5, 0.6) is 5.75 Å². The summed E-state index contributed by atoms with van der Waals surface area (Å²) in [5, 5.41) is 0. The van der Waals surface area contributed by atoms with Crippen molar-refractivity contribution in [1.82, 2.24) is 4.72 Å². The summed E-state index contributed by atoms with van der Waals surface area (Å²) >= 11 is 0. The van der Waals surface area contributed by atoms with E-state index < -0.39 is 10.0 Å². The summed E-state index contributed by atoms with van der Waals surface area (Å²) in [4.78, 5) is 2.28.